The Bertz CT molecular complexity index is 1250. The van der Waals surface area contributed by atoms with Crippen LogP contribution in [0.5, 0.6) is 0 Å². The average molecular weight is 737 g/mol. The van der Waals surface area contributed by atoms with E-state index in [2.05, 4.69) is 44.1 Å². The first-order valence-electron chi connectivity index (χ1n) is 15.3. The molecule has 0 radical (unpaired) electrons. The van der Waals surface area contributed by atoms with Gasteiger partial charge in [0.25, 0.3) is 0 Å². The SMILES string of the molecule is CC(=O)N[C@@H](CCC(=O)N[C@@H](CCC(=O)N[C@@H](CCC(=O)N[C@@H](CCC(=O)NCCCC[C@H](NS)C(=O)O)C(=O)O)C(=O)O)C(=O)O)C(=O)O. The molecule has 0 aromatic carbocycles. The molecule has 0 saturated heterocycles. The van der Waals surface area contributed by atoms with Crippen LogP contribution in [0.1, 0.15) is 77.6 Å². The van der Waals surface area contributed by atoms with Crippen molar-refractivity contribution >= 4 is 72.2 Å². The molecule has 0 unspecified atom stereocenters. The summed E-state index contributed by atoms with van der Waals surface area (Å²) in [5, 5.41) is 57.4. The van der Waals surface area contributed by atoms with Gasteiger partial charge in [-0.1, -0.05) is 12.8 Å². The molecule has 22 heteroatoms. The lowest BCUT2D eigenvalue weighted by molar-refractivity contribution is -0.144. The van der Waals surface area contributed by atoms with Crippen molar-refractivity contribution in [3.05, 3.63) is 0 Å². The highest BCUT2D eigenvalue weighted by molar-refractivity contribution is 7.78. The van der Waals surface area contributed by atoms with Crippen LogP contribution in [0.25, 0.3) is 0 Å². The van der Waals surface area contributed by atoms with Crippen LogP contribution in [0, 0.1) is 0 Å². The van der Waals surface area contributed by atoms with Gasteiger partial charge in [-0.05, 0) is 44.9 Å². The van der Waals surface area contributed by atoms with E-state index < -0.39 is 122 Å². The smallest absolute Gasteiger partial charge is 0.326 e. The number of aliphatic carboxylic acids is 5. The zero-order valence-electron chi connectivity index (χ0n) is 27.1. The highest BCUT2D eigenvalue weighted by Crippen LogP contribution is 2.07. The zero-order valence-corrected chi connectivity index (χ0v) is 28.0. The number of carboxylic acids is 5. The van der Waals surface area contributed by atoms with Crippen LogP contribution in [0.15, 0.2) is 0 Å². The fourth-order valence-corrected chi connectivity index (χ4v) is 4.45. The largest absolute Gasteiger partial charge is 0.480 e. The zero-order chi connectivity index (χ0) is 38.4. The van der Waals surface area contributed by atoms with Crippen molar-refractivity contribution in [3.8, 4) is 0 Å². The van der Waals surface area contributed by atoms with E-state index >= 15 is 0 Å². The Labute approximate surface area is 291 Å². The first kappa shape index (κ1) is 45.0. The summed E-state index contributed by atoms with van der Waals surface area (Å²) in [6.45, 7) is 1.27. The molecule has 282 valence electrons. The predicted octanol–water partition coefficient (Wildman–Crippen LogP) is -2.42. The number of amides is 5. The van der Waals surface area contributed by atoms with E-state index in [1.165, 1.54) is 0 Å². The minimum Gasteiger partial charge on any atom is -0.480 e. The van der Waals surface area contributed by atoms with Crippen LogP contribution in [0.4, 0.5) is 0 Å². The highest BCUT2D eigenvalue weighted by Gasteiger charge is 2.27. The summed E-state index contributed by atoms with van der Waals surface area (Å²) in [7, 11) is 0. The molecule has 5 amide bonds. The second-order valence-corrected chi connectivity index (χ2v) is 11.2. The van der Waals surface area contributed by atoms with Gasteiger partial charge in [0.1, 0.15) is 30.2 Å². The van der Waals surface area contributed by atoms with E-state index in [1.807, 2.05) is 0 Å². The molecule has 11 N–H and O–H groups in total. The Morgan fingerprint density at radius 3 is 1.08 bits per heavy atom. The maximum absolute atomic E-state index is 12.4. The molecule has 0 saturated carbocycles. The van der Waals surface area contributed by atoms with E-state index in [-0.39, 0.29) is 32.2 Å². The molecule has 0 aromatic heterocycles. The van der Waals surface area contributed by atoms with E-state index in [0.717, 1.165) is 6.92 Å². The quantitative estimate of drug-likeness (QED) is 0.0308. The number of unbranched alkanes of at least 4 members (excludes halogenated alkanes) is 1. The molecule has 0 bridgehead atoms. The number of thiol groups is 1. The molecule has 5 atom stereocenters. The Kier molecular flexibility index (Phi) is 21.8. The number of hydrogen-bond donors (Lipinski definition) is 12. The minimum atomic E-state index is -1.63. The van der Waals surface area contributed by atoms with Crippen LogP contribution in [0.3, 0.4) is 0 Å². The Morgan fingerprint density at radius 2 is 0.780 bits per heavy atom. The van der Waals surface area contributed by atoms with Crippen LogP contribution in [0.2, 0.25) is 0 Å². The molecule has 0 aromatic rings. The highest BCUT2D eigenvalue weighted by atomic mass is 32.1. The van der Waals surface area contributed by atoms with Crippen molar-refractivity contribution in [3.63, 3.8) is 0 Å². The second-order valence-electron chi connectivity index (χ2n) is 11.0. The van der Waals surface area contributed by atoms with Gasteiger partial charge in [0, 0.05) is 39.2 Å². The van der Waals surface area contributed by atoms with Gasteiger partial charge in [-0.15, -0.1) is 0 Å². The molecule has 0 aliphatic rings. The monoisotopic (exact) mass is 736 g/mol. The van der Waals surface area contributed by atoms with Crippen LogP contribution < -0.4 is 31.3 Å². The lowest BCUT2D eigenvalue weighted by Gasteiger charge is -2.18. The topological polar surface area (TPSA) is 344 Å². The first-order chi connectivity index (χ1) is 23.4. The van der Waals surface area contributed by atoms with E-state index in [0.29, 0.717) is 12.8 Å². The molecular weight excluding hydrogens is 692 g/mol. The second kappa shape index (κ2) is 24.2. The first-order valence-corrected chi connectivity index (χ1v) is 15.8. The van der Waals surface area contributed by atoms with Gasteiger partial charge in [-0.3, -0.25) is 33.5 Å². The van der Waals surface area contributed by atoms with Gasteiger partial charge >= 0.3 is 29.8 Å². The van der Waals surface area contributed by atoms with E-state index in [4.69, 9.17) is 10.2 Å². The van der Waals surface area contributed by atoms with Crippen molar-refractivity contribution < 1.29 is 73.5 Å². The summed E-state index contributed by atoms with van der Waals surface area (Å²) in [4.78, 5) is 117. The number of nitrogens with one attached hydrogen (secondary N) is 6. The molecule has 21 nitrogen and oxygen atoms in total. The van der Waals surface area contributed by atoms with Gasteiger partial charge in [0.15, 0.2) is 0 Å². The molecule has 0 heterocycles. The lowest BCUT2D eigenvalue weighted by atomic mass is 10.1. The van der Waals surface area contributed by atoms with Gasteiger partial charge in [-0.2, -0.15) is 0 Å². The summed E-state index contributed by atoms with van der Waals surface area (Å²) < 4.78 is 2.34. The van der Waals surface area contributed by atoms with Crippen molar-refractivity contribution in [1.82, 2.24) is 31.3 Å². The van der Waals surface area contributed by atoms with Crippen molar-refractivity contribution in [2.75, 3.05) is 6.54 Å². The Balaban J connectivity index is 4.79. The molecule has 0 spiro atoms. The fraction of sp³-hybridized carbons (Fsp3) is 0.643. The summed E-state index contributed by atoms with van der Waals surface area (Å²) in [6, 6.07) is -6.97. The third-order valence-corrected chi connectivity index (χ3v) is 7.22. The molecule has 0 aliphatic heterocycles. The lowest BCUT2D eigenvalue weighted by Crippen LogP contribution is -2.45. The molecule has 0 fully saturated rings. The van der Waals surface area contributed by atoms with Gasteiger partial charge in [-0.25, -0.2) is 19.2 Å². The number of rotatable bonds is 27. The molecule has 50 heavy (non-hydrogen) atoms. The van der Waals surface area contributed by atoms with E-state index in [9.17, 15) is 63.3 Å². The van der Waals surface area contributed by atoms with Crippen molar-refractivity contribution in [1.29, 1.82) is 0 Å². The van der Waals surface area contributed by atoms with Gasteiger partial charge < -0.3 is 52.1 Å². The normalized spacial score (nSPS) is 13.6. The Morgan fingerprint density at radius 1 is 0.460 bits per heavy atom. The summed E-state index contributed by atoms with van der Waals surface area (Å²) in [5.41, 5.74) is 0. The van der Waals surface area contributed by atoms with Gasteiger partial charge in [0.05, 0.1) is 0 Å². The number of carbonyl (C=O) groups excluding carboxylic acids is 5. The molecular formula is C28H44N6O15S. The van der Waals surface area contributed by atoms with Crippen molar-refractivity contribution in [2.45, 2.75) is 108 Å². The minimum absolute atomic E-state index is 0.200. The molecule has 0 rings (SSSR count). The number of carboxylic acid groups (broad SMARTS) is 5. The summed E-state index contributed by atoms with van der Waals surface area (Å²) in [5.74, 6) is -10.9. The third kappa shape index (κ3) is 20.4. The van der Waals surface area contributed by atoms with Crippen molar-refractivity contribution in [2.24, 2.45) is 0 Å². The average Bonchev–Trinajstić information content (AvgIpc) is 3.02. The van der Waals surface area contributed by atoms with E-state index in [1.54, 1.807) is 0 Å². The summed E-state index contributed by atoms with van der Waals surface area (Å²) >= 11 is 3.72. The standard InChI is InChI=1S/C28H44N6O15S/c1-14(35)30-15(24(40)41)6-10-21(37)32-17(26(44)45)8-12-23(39)33-18(27(46)47)7-11-22(38)31-16(25(42)43)5-9-20(36)29-13-3-2-4-19(34-50)28(48)49/h15-19,34,50H,2-13H2,1H3,(H,29,36)(H,30,35)(H,31,38)(H,32,37)(H,33,39)(H,40,41)(H,42,43)(H,44,45)(H,46,47)(H,48,49)/t15-,16-,17-,18-,19-/m0/s1. The van der Waals surface area contributed by atoms with Crippen LogP contribution in [-0.4, -0.2) is 122 Å². The fourth-order valence-electron chi connectivity index (χ4n) is 4.21. The Hall–Kier alpha value is -4.99. The van der Waals surface area contributed by atoms with Crippen LogP contribution >= 0.6 is 12.8 Å². The molecule has 0 aliphatic carbocycles. The number of carbonyl (C=O) groups is 10. The maximum Gasteiger partial charge on any atom is 0.326 e. The summed E-state index contributed by atoms with van der Waals surface area (Å²) in [6.07, 6.45) is -2.32. The van der Waals surface area contributed by atoms with Gasteiger partial charge in [0.2, 0.25) is 29.5 Å². The maximum atomic E-state index is 12.4. The predicted molar refractivity (Wildman–Crippen MR) is 171 cm³/mol. The number of hydrogen-bond acceptors (Lipinski definition) is 12. The third-order valence-electron chi connectivity index (χ3n) is 6.91. The van der Waals surface area contributed by atoms with Crippen LogP contribution in [-0.2, 0) is 47.9 Å².